The second-order valence-electron chi connectivity index (χ2n) is 3.95. The molecule has 0 fully saturated rings. The van der Waals surface area contributed by atoms with Crippen LogP contribution in [0.2, 0.25) is 10.0 Å². The lowest BCUT2D eigenvalue weighted by molar-refractivity contribution is 0.511. The molecule has 0 bridgehead atoms. The van der Waals surface area contributed by atoms with E-state index in [9.17, 15) is 0 Å². The smallest absolute Gasteiger partial charge is 0.0424 e. The van der Waals surface area contributed by atoms with Gasteiger partial charge in [-0.2, -0.15) is 11.8 Å². The molecule has 1 aromatic rings. The van der Waals surface area contributed by atoms with Crippen LogP contribution in [0.25, 0.3) is 0 Å². The van der Waals surface area contributed by atoms with Crippen molar-refractivity contribution in [2.75, 3.05) is 12.0 Å². The van der Waals surface area contributed by atoms with Crippen molar-refractivity contribution in [1.29, 1.82) is 0 Å². The van der Waals surface area contributed by atoms with E-state index in [0.29, 0.717) is 16.1 Å². The highest BCUT2D eigenvalue weighted by Gasteiger charge is 2.10. The van der Waals surface area contributed by atoms with Crippen molar-refractivity contribution in [3.63, 3.8) is 0 Å². The Morgan fingerprint density at radius 2 is 1.75 bits per heavy atom. The number of nitrogens with one attached hydrogen (secondary N) is 1. The summed E-state index contributed by atoms with van der Waals surface area (Å²) in [6, 6.07) is 6.40. The maximum atomic E-state index is 5.98. The summed E-state index contributed by atoms with van der Waals surface area (Å²) >= 11 is 13.8. The van der Waals surface area contributed by atoms with E-state index >= 15 is 0 Å². The van der Waals surface area contributed by atoms with Gasteiger partial charge in [-0.25, -0.2) is 0 Å². The van der Waals surface area contributed by atoms with Gasteiger partial charge in [0, 0.05) is 27.9 Å². The normalized spacial score (nSPS) is 14.8. The van der Waals surface area contributed by atoms with Gasteiger partial charge in [0.25, 0.3) is 0 Å². The minimum atomic E-state index is 0.262. The van der Waals surface area contributed by atoms with Crippen LogP contribution >= 0.6 is 35.0 Å². The van der Waals surface area contributed by atoms with Gasteiger partial charge in [0.2, 0.25) is 0 Å². The molecule has 1 N–H and O–H groups in total. The average Bonchev–Trinajstić information content (AvgIpc) is 2.16. The van der Waals surface area contributed by atoms with Crippen molar-refractivity contribution in [3.8, 4) is 0 Å². The second-order valence-corrected chi connectivity index (χ2v) is 5.73. The topological polar surface area (TPSA) is 12.0 Å². The first-order valence-corrected chi connectivity index (χ1v) is 7.39. The molecule has 90 valence electrons. The summed E-state index contributed by atoms with van der Waals surface area (Å²) in [4.78, 5) is 0. The number of rotatable bonds is 5. The van der Waals surface area contributed by atoms with Gasteiger partial charge >= 0.3 is 0 Å². The monoisotopic (exact) mass is 277 g/mol. The lowest BCUT2D eigenvalue weighted by Crippen LogP contribution is -2.30. The number of hydrogen-bond acceptors (Lipinski definition) is 2. The summed E-state index contributed by atoms with van der Waals surface area (Å²) in [5, 5.41) is 4.89. The molecule has 0 aliphatic heterocycles. The van der Waals surface area contributed by atoms with Crippen molar-refractivity contribution in [2.24, 2.45) is 0 Å². The summed E-state index contributed by atoms with van der Waals surface area (Å²) in [6.07, 6.45) is 2.11. The molecular weight excluding hydrogens is 261 g/mol. The minimum Gasteiger partial charge on any atom is -0.307 e. The third-order valence-corrected chi connectivity index (χ3v) is 3.61. The lowest BCUT2D eigenvalue weighted by Gasteiger charge is -2.20. The van der Waals surface area contributed by atoms with Gasteiger partial charge in [0.1, 0.15) is 0 Å². The Morgan fingerprint density at radius 3 is 2.25 bits per heavy atom. The molecule has 0 radical (unpaired) electrons. The van der Waals surface area contributed by atoms with Crippen molar-refractivity contribution < 1.29 is 0 Å². The molecule has 1 rings (SSSR count). The maximum Gasteiger partial charge on any atom is 0.0424 e. The van der Waals surface area contributed by atoms with Crippen LogP contribution in [0, 0.1) is 0 Å². The first-order valence-electron chi connectivity index (χ1n) is 5.24. The summed E-state index contributed by atoms with van der Waals surface area (Å²) in [5.41, 5.74) is 1.13. The van der Waals surface area contributed by atoms with Crippen LogP contribution in [-0.2, 0) is 0 Å². The van der Waals surface area contributed by atoms with Gasteiger partial charge in [-0.3, -0.25) is 0 Å². The minimum absolute atomic E-state index is 0.262. The van der Waals surface area contributed by atoms with Gasteiger partial charge in [0.05, 0.1) is 0 Å². The molecule has 0 saturated carbocycles. The zero-order chi connectivity index (χ0) is 12.1. The molecule has 4 heteroatoms. The third kappa shape index (κ3) is 4.54. The molecule has 0 spiro atoms. The average molecular weight is 278 g/mol. The van der Waals surface area contributed by atoms with Gasteiger partial charge in [0.15, 0.2) is 0 Å². The van der Waals surface area contributed by atoms with Crippen molar-refractivity contribution in [1.82, 2.24) is 5.32 Å². The van der Waals surface area contributed by atoms with Crippen LogP contribution in [0.1, 0.15) is 25.5 Å². The molecule has 0 saturated heterocycles. The third-order valence-electron chi connectivity index (χ3n) is 2.34. The Hall–Kier alpha value is 0.110. The van der Waals surface area contributed by atoms with E-state index in [4.69, 9.17) is 23.2 Å². The first-order chi connectivity index (χ1) is 7.52. The first kappa shape index (κ1) is 14.2. The quantitative estimate of drug-likeness (QED) is 0.857. The van der Waals surface area contributed by atoms with Crippen molar-refractivity contribution in [3.05, 3.63) is 33.8 Å². The Morgan fingerprint density at radius 1 is 1.19 bits per heavy atom. The molecule has 0 aliphatic carbocycles. The fourth-order valence-electron chi connectivity index (χ4n) is 1.65. The molecule has 0 amide bonds. The lowest BCUT2D eigenvalue weighted by atomic mass is 10.1. The molecule has 1 nitrogen and oxygen atoms in total. The molecular formula is C12H17Cl2NS. The van der Waals surface area contributed by atoms with Crippen LogP contribution in [0.4, 0.5) is 0 Å². The number of hydrogen-bond donors (Lipinski definition) is 1. The van der Waals surface area contributed by atoms with E-state index in [0.717, 1.165) is 11.3 Å². The summed E-state index contributed by atoms with van der Waals surface area (Å²) in [5.74, 6) is 1.10. The Kier molecular flexibility index (Phi) is 5.98. The summed E-state index contributed by atoms with van der Waals surface area (Å²) in [6.45, 7) is 4.30. The maximum absolute atomic E-state index is 5.98. The van der Waals surface area contributed by atoms with Crippen LogP contribution in [0.15, 0.2) is 18.2 Å². The molecule has 0 aliphatic rings. The molecule has 16 heavy (non-hydrogen) atoms. The van der Waals surface area contributed by atoms with E-state index in [1.54, 1.807) is 6.07 Å². The van der Waals surface area contributed by atoms with Crippen LogP contribution < -0.4 is 5.32 Å². The summed E-state index contributed by atoms with van der Waals surface area (Å²) < 4.78 is 0. The predicted octanol–water partition coefficient (Wildman–Crippen LogP) is 4.40. The van der Waals surface area contributed by atoms with Crippen LogP contribution in [0.5, 0.6) is 0 Å². The molecule has 1 aromatic carbocycles. The van der Waals surface area contributed by atoms with E-state index in [1.165, 1.54) is 0 Å². The molecule has 0 heterocycles. The number of thioether (sulfide) groups is 1. The Labute approximate surface area is 112 Å². The van der Waals surface area contributed by atoms with E-state index in [1.807, 2.05) is 23.9 Å². The summed E-state index contributed by atoms with van der Waals surface area (Å²) in [7, 11) is 0. The largest absolute Gasteiger partial charge is 0.307 e. The Balaban J connectivity index is 2.68. The highest BCUT2D eigenvalue weighted by atomic mass is 35.5. The van der Waals surface area contributed by atoms with E-state index in [2.05, 4.69) is 25.4 Å². The van der Waals surface area contributed by atoms with Gasteiger partial charge in [-0.1, -0.05) is 23.2 Å². The standard InChI is InChI=1S/C12H17Cl2NS/c1-8(7-16-3)15-9(2)10-4-11(13)6-12(14)5-10/h4-6,8-9,15H,7H2,1-3H3. The van der Waals surface area contributed by atoms with Crippen molar-refractivity contribution >= 4 is 35.0 Å². The Bertz CT molecular complexity index is 324. The number of benzene rings is 1. The fourth-order valence-corrected chi connectivity index (χ4v) is 2.79. The van der Waals surface area contributed by atoms with Gasteiger partial charge in [-0.15, -0.1) is 0 Å². The highest BCUT2D eigenvalue weighted by Crippen LogP contribution is 2.23. The molecule has 2 atom stereocenters. The van der Waals surface area contributed by atoms with Crippen LogP contribution in [0.3, 0.4) is 0 Å². The fraction of sp³-hybridized carbons (Fsp3) is 0.500. The highest BCUT2D eigenvalue weighted by molar-refractivity contribution is 7.98. The zero-order valence-electron chi connectivity index (χ0n) is 9.76. The van der Waals surface area contributed by atoms with E-state index in [-0.39, 0.29) is 6.04 Å². The number of halogens is 2. The molecule has 0 aromatic heterocycles. The van der Waals surface area contributed by atoms with Gasteiger partial charge < -0.3 is 5.32 Å². The molecule has 2 unspecified atom stereocenters. The SMILES string of the molecule is CSCC(C)NC(C)c1cc(Cl)cc(Cl)c1. The van der Waals surface area contributed by atoms with Crippen LogP contribution in [-0.4, -0.2) is 18.1 Å². The van der Waals surface area contributed by atoms with Gasteiger partial charge in [-0.05, 0) is 43.9 Å². The predicted molar refractivity (Wildman–Crippen MR) is 75.9 cm³/mol. The van der Waals surface area contributed by atoms with E-state index < -0.39 is 0 Å². The second kappa shape index (κ2) is 6.75. The van der Waals surface area contributed by atoms with Crippen molar-refractivity contribution in [2.45, 2.75) is 25.9 Å². The zero-order valence-corrected chi connectivity index (χ0v) is 12.1.